The molecular formula is C9H19ClN2O3S. The van der Waals surface area contributed by atoms with Crippen LogP contribution in [-0.2, 0) is 14.8 Å². The number of hydrogen-bond acceptors (Lipinski definition) is 3. The Morgan fingerprint density at radius 3 is 2.38 bits per heavy atom. The van der Waals surface area contributed by atoms with E-state index >= 15 is 0 Å². The lowest BCUT2D eigenvalue weighted by molar-refractivity contribution is -0.128. The standard InChI is InChI=1S/C9H19ClN2O3S/c1-9(2,8(13)11-3)7-12-16(14,15)6-4-5-10/h12H,4-7H2,1-3H3,(H,11,13). The molecule has 16 heavy (non-hydrogen) atoms. The molecule has 0 saturated carbocycles. The number of alkyl halides is 1. The molecule has 0 radical (unpaired) electrons. The molecule has 0 aromatic heterocycles. The number of amides is 1. The molecule has 96 valence electrons. The van der Waals surface area contributed by atoms with Gasteiger partial charge < -0.3 is 5.32 Å². The van der Waals surface area contributed by atoms with E-state index in [2.05, 4.69) is 10.0 Å². The molecule has 5 nitrogen and oxygen atoms in total. The van der Waals surface area contributed by atoms with E-state index in [-0.39, 0.29) is 18.2 Å². The molecule has 0 bridgehead atoms. The number of carbonyl (C=O) groups excluding carboxylic acids is 1. The fourth-order valence-electron chi connectivity index (χ4n) is 1.03. The minimum Gasteiger partial charge on any atom is -0.359 e. The number of carbonyl (C=O) groups is 1. The molecule has 0 aromatic rings. The van der Waals surface area contributed by atoms with Crippen LogP contribution in [0.15, 0.2) is 0 Å². The Kier molecular flexibility index (Phi) is 6.28. The normalized spacial score (nSPS) is 12.5. The quantitative estimate of drug-likeness (QED) is 0.654. The molecule has 0 aliphatic carbocycles. The largest absolute Gasteiger partial charge is 0.359 e. The molecule has 0 saturated heterocycles. The van der Waals surface area contributed by atoms with Crippen molar-refractivity contribution < 1.29 is 13.2 Å². The van der Waals surface area contributed by atoms with Crippen molar-refractivity contribution in [3.63, 3.8) is 0 Å². The van der Waals surface area contributed by atoms with Crippen LogP contribution >= 0.6 is 11.6 Å². The SMILES string of the molecule is CNC(=O)C(C)(C)CNS(=O)(=O)CCCCl. The number of rotatable bonds is 7. The molecule has 0 heterocycles. The number of hydrogen-bond donors (Lipinski definition) is 2. The Bertz CT molecular complexity index is 328. The molecule has 2 N–H and O–H groups in total. The van der Waals surface area contributed by atoms with E-state index in [1.165, 1.54) is 7.05 Å². The van der Waals surface area contributed by atoms with Gasteiger partial charge in [0.1, 0.15) is 0 Å². The molecule has 0 aromatic carbocycles. The number of halogens is 1. The fraction of sp³-hybridized carbons (Fsp3) is 0.889. The van der Waals surface area contributed by atoms with Crippen molar-refractivity contribution >= 4 is 27.5 Å². The zero-order valence-electron chi connectivity index (χ0n) is 9.84. The third-order valence-electron chi connectivity index (χ3n) is 2.12. The van der Waals surface area contributed by atoms with Crippen LogP contribution in [-0.4, -0.2) is 39.6 Å². The van der Waals surface area contributed by atoms with E-state index in [1.54, 1.807) is 13.8 Å². The second-order valence-electron chi connectivity index (χ2n) is 4.15. The highest BCUT2D eigenvalue weighted by Crippen LogP contribution is 2.13. The molecule has 0 fully saturated rings. The lowest BCUT2D eigenvalue weighted by Crippen LogP contribution is -2.44. The van der Waals surface area contributed by atoms with Gasteiger partial charge in [0, 0.05) is 19.5 Å². The molecule has 1 amide bonds. The second kappa shape index (κ2) is 6.42. The van der Waals surface area contributed by atoms with Crippen molar-refractivity contribution in [2.24, 2.45) is 5.41 Å². The fourth-order valence-corrected chi connectivity index (χ4v) is 2.57. The van der Waals surface area contributed by atoms with Gasteiger partial charge in [-0.05, 0) is 20.3 Å². The van der Waals surface area contributed by atoms with Gasteiger partial charge in [-0.3, -0.25) is 4.79 Å². The summed E-state index contributed by atoms with van der Waals surface area (Å²) in [5.74, 6) is 0.0904. The molecule has 0 atom stereocenters. The Morgan fingerprint density at radius 1 is 1.38 bits per heavy atom. The van der Waals surface area contributed by atoms with Gasteiger partial charge in [-0.2, -0.15) is 0 Å². The third-order valence-corrected chi connectivity index (χ3v) is 3.80. The van der Waals surface area contributed by atoms with Crippen LogP contribution in [0.2, 0.25) is 0 Å². The average molecular weight is 271 g/mol. The van der Waals surface area contributed by atoms with E-state index < -0.39 is 15.4 Å². The minimum absolute atomic E-state index is 0.0136. The van der Waals surface area contributed by atoms with Crippen LogP contribution in [0.4, 0.5) is 0 Å². The van der Waals surface area contributed by atoms with Crippen molar-refractivity contribution in [1.29, 1.82) is 0 Å². The van der Waals surface area contributed by atoms with Crippen LogP contribution in [0.3, 0.4) is 0 Å². The lowest BCUT2D eigenvalue weighted by Gasteiger charge is -2.22. The zero-order valence-corrected chi connectivity index (χ0v) is 11.4. The summed E-state index contributed by atoms with van der Waals surface area (Å²) in [6.45, 7) is 3.43. The maximum Gasteiger partial charge on any atom is 0.226 e. The van der Waals surface area contributed by atoms with Gasteiger partial charge in [-0.15, -0.1) is 11.6 Å². The second-order valence-corrected chi connectivity index (χ2v) is 6.45. The van der Waals surface area contributed by atoms with Crippen LogP contribution in [0, 0.1) is 5.41 Å². The maximum absolute atomic E-state index is 11.4. The first kappa shape index (κ1) is 15.7. The van der Waals surface area contributed by atoms with E-state index in [4.69, 9.17) is 11.6 Å². The lowest BCUT2D eigenvalue weighted by atomic mass is 9.93. The van der Waals surface area contributed by atoms with Gasteiger partial charge in [-0.25, -0.2) is 13.1 Å². The molecular weight excluding hydrogens is 252 g/mol. The summed E-state index contributed by atoms with van der Waals surface area (Å²) >= 11 is 5.41. The van der Waals surface area contributed by atoms with Gasteiger partial charge in [0.15, 0.2) is 0 Å². The van der Waals surface area contributed by atoms with E-state index in [0.29, 0.717) is 12.3 Å². The van der Waals surface area contributed by atoms with Gasteiger partial charge in [0.25, 0.3) is 0 Å². The molecule has 0 aliphatic heterocycles. The number of sulfonamides is 1. The monoisotopic (exact) mass is 270 g/mol. The van der Waals surface area contributed by atoms with Crippen molar-refractivity contribution in [3.8, 4) is 0 Å². The highest BCUT2D eigenvalue weighted by molar-refractivity contribution is 7.89. The zero-order chi connectivity index (χ0) is 12.8. The van der Waals surface area contributed by atoms with Gasteiger partial charge in [0.05, 0.1) is 11.2 Å². The van der Waals surface area contributed by atoms with Crippen molar-refractivity contribution in [2.75, 3.05) is 25.2 Å². The minimum atomic E-state index is -3.33. The van der Waals surface area contributed by atoms with E-state index in [9.17, 15) is 13.2 Å². The maximum atomic E-state index is 11.4. The van der Waals surface area contributed by atoms with Gasteiger partial charge >= 0.3 is 0 Å². The first-order chi connectivity index (χ1) is 7.25. The topological polar surface area (TPSA) is 75.3 Å². The van der Waals surface area contributed by atoms with Gasteiger partial charge in [-0.1, -0.05) is 0 Å². The van der Waals surface area contributed by atoms with Gasteiger partial charge in [0.2, 0.25) is 15.9 Å². The Hall–Kier alpha value is -0.330. The Morgan fingerprint density at radius 2 is 1.94 bits per heavy atom. The van der Waals surface area contributed by atoms with Crippen LogP contribution in [0.1, 0.15) is 20.3 Å². The molecule has 7 heteroatoms. The average Bonchev–Trinajstić information content (AvgIpc) is 2.23. The summed E-state index contributed by atoms with van der Waals surface area (Å²) in [7, 11) is -1.81. The molecule has 0 unspecified atom stereocenters. The summed E-state index contributed by atoms with van der Waals surface area (Å²) in [5, 5.41) is 2.49. The van der Waals surface area contributed by atoms with Crippen molar-refractivity contribution in [1.82, 2.24) is 10.0 Å². The summed E-state index contributed by atoms with van der Waals surface area (Å²) in [6, 6.07) is 0. The molecule has 0 aliphatic rings. The van der Waals surface area contributed by atoms with Crippen LogP contribution in [0.5, 0.6) is 0 Å². The third kappa shape index (κ3) is 5.67. The summed E-state index contributed by atoms with van der Waals surface area (Å²) in [6.07, 6.45) is 0.400. The van der Waals surface area contributed by atoms with E-state index in [1.807, 2.05) is 0 Å². The Balaban J connectivity index is 4.28. The predicted molar refractivity (Wildman–Crippen MR) is 65.0 cm³/mol. The Labute approximate surface area is 102 Å². The molecule has 0 spiro atoms. The summed E-state index contributed by atoms with van der Waals surface area (Å²) < 4.78 is 25.3. The van der Waals surface area contributed by atoms with Crippen molar-refractivity contribution in [3.05, 3.63) is 0 Å². The highest BCUT2D eigenvalue weighted by Gasteiger charge is 2.28. The summed E-state index contributed by atoms with van der Waals surface area (Å²) in [5.41, 5.74) is -0.761. The first-order valence-corrected chi connectivity index (χ1v) is 7.19. The summed E-state index contributed by atoms with van der Waals surface area (Å²) in [4.78, 5) is 11.4. The van der Waals surface area contributed by atoms with E-state index in [0.717, 1.165) is 0 Å². The molecule has 0 rings (SSSR count). The van der Waals surface area contributed by atoms with Crippen molar-refractivity contribution in [2.45, 2.75) is 20.3 Å². The van der Waals surface area contributed by atoms with Crippen LogP contribution < -0.4 is 10.0 Å². The van der Waals surface area contributed by atoms with Crippen LogP contribution in [0.25, 0.3) is 0 Å². The highest BCUT2D eigenvalue weighted by atomic mass is 35.5. The number of nitrogens with one attached hydrogen (secondary N) is 2. The first-order valence-electron chi connectivity index (χ1n) is 5.00. The predicted octanol–water partition coefficient (Wildman–Crippen LogP) is 0.307. The smallest absolute Gasteiger partial charge is 0.226 e.